The van der Waals surface area contributed by atoms with E-state index in [9.17, 15) is 18.0 Å². The van der Waals surface area contributed by atoms with Crippen LogP contribution in [0.2, 0.25) is 0 Å². The first kappa shape index (κ1) is 31.1. The first-order chi connectivity index (χ1) is 16.9. The predicted octanol–water partition coefficient (Wildman–Crippen LogP) is 3.45. The van der Waals surface area contributed by atoms with Gasteiger partial charge in [-0.15, -0.1) is 0 Å². The van der Waals surface area contributed by atoms with Crippen LogP contribution < -0.4 is 10.6 Å². The zero-order valence-electron chi connectivity index (χ0n) is 23.4. The Balaban J connectivity index is 2.19. The maximum atomic E-state index is 13.4. The molecule has 208 valence electrons. The van der Waals surface area contributed by atoms with E-state index >= 15 is 0 Å². The fourth-order valence-corrected chi connectivity index (χ4v) is 4.50. The maximum absolute atomic E-state index is 13.4. The average Bonchev–Trinajstić information content (AvgIpc) is 2.96. The number of carbonyl (C=O) groups excluding carboxylic acids is 2. The quantitative estimate of drug-likeness (QED) is 0.414. The fraction of sp³-hybridized carbons (Fsp3) is 0.692. The number of ether oxygens (including phenoxy) is 1. The van der Waals surface area contributed by atoms with Gasteiger partial charge in [0.15, 0.2) is 0 Å². The lowest BCUT2D eigenvalue weighted by molar-refractivity contribution is -0.123. The van der Waals surface area contributed by atoms with Crippen molar-refractivity contribution in [1.82, 2.24) is 10.6 Å². The highest BCUT2D eigenvalue weighted by atomic mass is 32.2. The molecular formula is C26H43BN2O7S. The molecular weight excluding hydrogens is 495 g/mol. The van der Waals surface area contributed by atoms with Crippen LogP contribution in [0, 0.1) is 0 Å². The van der Waals surface area contributed by atoms with E-state index in [1.807, 2.05) is 58.0 Å². The Kier molecular flexibility index (Phi) is 10.2. The standard InChI is InChI=1S/C26H43BN2O7S/c1-24(2,3)34-23(31)28-20(17-18-37(8,32)33)22(30)29-21(16-12-15-19-13-10-9-11-14-19)27-35-25(4,5)26(6,7)36-27/h9-11,13-14,20-21H,12,15-18H2,1-8H3,(H,28,31)(H,29,30)/t20-,21+/m1/s1. The highest BCUT2D eigenvalue weighted by Gasteiger charge is 2.54. The first-order valence-electron chi connectivity index (χ1n) is 12.8. The minimum Gasteiger partial charge on any atom is -0.444 e. The summed E-state index contributed by atoms with van der Waals surface area (Å²) in [5.41, 5.74) is -0.779. The Morgan fingerprint density at radius 3 is 2.08 bits per heavy atom. The second-order valence-corrected chi connectivity index (χ2v) is 14.0. The van der Waals surface area contributed by atoms with Gasteiger partial charge in [0.2, 0.25) is 5.91 Å². The van der Waals surface area contributed by atoms with Crippen molar-refractivity contribution in [3.63, 3.8) is 0 Å². The van der Waals surface area contributed by atoms with Gasteiger partial charge in [0.05, 0.1) is 22.9 Å². The minimum absolute atomic E-state index is 0.0932. The topological polar surface area (TPSA) is 120 Å². The summed E-state index contributed by atoms with van der Waals surface area (Å²) >= 11 is 0. The monoisotopic (exact) mass is 538 g/mol. The smallest absolute Gasteiger partial charge is 0.444 e. The molecule has 0 spiro atoms. The van der Waals surface area contributed by atoms with Crippen molar-refractivity contribution in [2.45, 2.75) is 103 Å². The van der Waals surface area contributed by atoms with E-state index in [0.29, 0.717) is 6.42 Å². The SMILES string of the molecule is CC(C)(C)OC(=O)N[C@H](CCS(C)(=O)=O)C(=O)N[C@@H](CCCc1ccccc1)B1OC(C)(C)C(C)(C)O1. The largest absolute Gasteiger partial charge is 0.481 e. The molecule has 2 rings (SSSR count). The molecule has 1 saturated heterocycles. The molecule has 0 aromatic heterocycles. The van der Waals surface area contributed by atoms with E-state index in [-0.39, 0.29) is 12.2 Å². The molecule has 2 atom stereocenters. The highest BCUT2D eigenvalue weighted by molar-refractivity contribution is 7.90. The van der Waals surface area contributed by atoms with E-state index in [0.717, 1.165) is 19.1 Å². The summed E-state index contributed by atoms with van der Waals surface area (Å²) in [4.78, 5) is 25.8. The number of carbonyl (C=O) groups is 2. The molecule has 9 nitrogen and oxygen atoms in total. The number of sulfone groups is 1. The fourth-order valence-electron chi connectivity index (χ4n) is 3.83. The van der Waals surface area contributed by atoms with Crippen molar-refractivity contribution in [2.75, 3.05) is 12.0 Å². The lowest BCUT2D eigenvalue weighted by Crippen LogP contribution is -2.55. The summed E-state index contributed by atoms with van der Waals surface area (Å²) in [5, 5.41) is 5.51. The van der Waals surface area contributed by atoms with Gasteiger partial charge in [-0.2, -0.15) is 0 Å². The maximum Gasteiger partial charge on any atom is 0.481 e. The van der Waals surface area contributed by atoms with E-state index in [1.54, 1.807) is 20.8 Å². The third-order valence-corrected chi connectivity index (χ3v) is 7.51. The van der Waals surface area contributed by atoms with Gasteiger partial charge in [-0.1, -0.05) is 30.3 Å². The zero-order valence-corrected chi connectivity index (χ0v) is 24.2. The van der Waals surface area contributed by atoms with Crippen LogP contribution in [0.3, 0.4) is 0 Å². The van der Waals surface area contributed by atoms with Crippen LogP contribution in [0.25, 0.3) is 0 Å². The number of aryl methyl sites for hydroxylation is 1. The second kappa shape index (κ2) is 12.2. The van der Waals surface area contributed by atoms with Crippen molar-refractivity contribution >= 4 is 29.0 Å². The van der Waals surface area contributed by atoms with Gasteiger partial charge in [0, 0.05) is 6.26 Å². The van der Waals surface area contributed by atoms with Gasteiger partial charge in [-0.25, -0.2) is 13.2 Å². The molecule has 1 fully saturated rings. The van der Waals surface area contributed by atoms with Gasteiger partial charge in [-0.3, -0.25) is 4.79 Å². The summed E-state index contributed by atoms with van der Waals surface area (Å²) in [6.07, 6.45) is 2.32. The van der Waals surface area contributed by atoms with Crippen LogP contribution >= 0.6 is 0 Å². The lowest BCUT2D eigenvalue weighted by Gasteiger charge is -2.32. The van der Waals surface area contributed by atoms with Crippen LogP contribution in [0.5, 0.6) is 0 Å². The molecule has 2 amide bonds. The number of amides is 2. The Morgan fingerprint density at radius 2 is 1.57 bits per heavy atom. The number of rotatable bonds is 11. The molecule has 1 aliphatic rings. The van der Waals surface area contributed by atoms with Crippen LogP contribution in [0.1, 0.15) is 73.3 Å². The van der Waals surface area contributed by atoms with Gasteiger partial charge < -0.3 is 24.7 Å². The molecule has 0 bridgehead atoms. The third-order valence-electron chi connectivity index (χ3n) is 6.54. The van der Waals surface area contributed by atoms with E-state index in [2.05, 4.69) is 10.6 Å². The molecule has 2 N–H and O–H groups in total. The molecule has 0 saturated carbocycles. The van der Waals surface area contributed by atoms with Crippen molar-refractivity contribution < 1.29 is 32.1 Å². The minimum atomic E-state index is -3.36. The molecule has 11 heteroatoms. The number of benzene rings is 1. The Morgan fingerprint density at radius 1 is 1.00 bits per heavy atom. The highest BCUT2D eigenvalue weighted by Crippen LogP contribution is 2.38. The van der Waals surface area contributed by atoms with E-state index in [1.165, 1.54) is 5.56 Å². The molecule has 0 unspecified atom stereocenters. The van der Waals surface area contributed by atoms with Crippen LogP contribution in [0.4, 0.5) is 4.79 Å². The van der Waals surface area contributed by atoms with Crippen molar-refractivity contribution in [2.24, 2.45) is 0 Å². The number of alkyl carbamates (subject to hydrolysis) is 1. The van der Waals surface area contributed by atoms with Crippen molar-refractivity contribution in [3.05, 3.63) is 35.9 Å². The summed E-state index contributed by atoms with van der Waals surface area (Å²) in [6, 6.07) is 8.92. The first-order valence-corrected chi connectivity index (χ1v) is 14.8. The van der Waals surface area contributed by atoms with Gasteiger partial charge >= 0.3 is 13.2 Å². The number of hydrogen-bond donors (Lipinski definition) is 2. The molecule has 37 heavy (non-hydrogen) atoms. The molecule has 0 aliphatic carbocycles. The molecule has 0 radical (unpaired) electrons. The van der Waals surface area contributed by atoms with Crippen molar-refractivity contribution in [3.8, 4) is 0 Å². The number of hydrogen-bond acceptors (Lipinski definition) is 7. The normalized spacial score (nSPS) is 18.6. The molecule has 1 aromatic carbocycles. The molecule has 1 heterocycles. The van der Waals surface area contributed by atoms with Gasteiger partial charge in [-0.05, 0) is 79.7 Å². The Labute approximate surface area is 222 Å². The van der Waals surface area contributed by atoms with Crippen LogP contribution in [0.15, 0.2) is 30.3 Å². The lowest BCUT2D eigenvalue weighted by atomic mass is 9.75. The molecule has 1 aliphatic heterocycles. The zero-order chi connectivity index (χ0) is 28.1. The summed E-state index contributed by atoms with van der Waals surface area (Å²) < 4.78 is 41.4. The Bertz CT molecular complexity index is 1010. The number of nitrogens with one attached hydrogen (secondary N) is 2. The second-order valence-electron chi connectivity index (χ2n) is 11.7. The van der Waals surface area contributed by atoms with E-state index in [4.69, 9.17) is 14.0 Å². The van der Waals surface area contributed by atoms with E-state index < -0.39 is 57.7 Å². The Hall–Kier alpha value is -2.11. The van der Waals surface area contributed by atoms with Gasteiger partial charge in [0.25, 0.3) is 0 Å². The third kappa shape index (κ3) is 10.3. The van der Waals surface area contributed by atoms with Crippen LogP contribution in [-0.4, -0.2) is 68.3 Å². The van der Waals surface area contributed by atoms with Crippen molar-refractivity contribution in [1.29, 1.82) is 0 Å². The molecule has 1 aromatic rings. The summed E-state index contributed by atoms with van der Waals surface area (Å²) in [6.45, 7) is 12.9. The van der Waals surface area contributed by atoms with Crippen LogP contribution in [-0.2, 0) is 35.1 Å². The summed E-state index contributed by atoms with van der Waals surface area (Å²) in [5.74, 6) is -1.30. The average molecular weight is 539 g/mol. The summed E-state index contributed by atoms with van der Waals surface area (Å²) in [7, 11) is -4.07. The predicted molar refractivity (Wildman–Crippen MR) is 145 cm³/mol. The van der Waals surface area contributed by atoms with Gasteiger partial charge in [0.1, 0.15) is 21.5 Å².